The fourth-order valence-electron chi connectivity index (χ4n) is 2.21. The zero-order valence-electron chi connectivity index (χ0n) is 9.55. The molecule has 18 heavy (non-hydrogen) atoms. The molecule has 1 heterocycles. The van der Waals surface area contributed by atoms with Gasteiger partial charge in [0.25, 0.3) is 0 Å². The number of fused-ring (bicyclic) bond motifs is 1. The Morgan fingerprint density at radius 1 is 0.944 bits per heavy atom. The first-order valence-corrected chi connectivity index (χ1v) is 5.66. The molecule has 0 radical (unpaired) electrons. The average Bonchev–Trinajstić information content (AvgIpc) is 2.86. The van der Waals surface area contributed by atoms with E-state index >= 15 is 0 Å². The summed E-state index contributed by atoms with van der Waals surface area (Å²) in [7, 11) is 0. The maximum absolute atomic E-state index is 11.3. The van der Waals surface area contributed by atoms with Crippen molar-refractivity contribution in [3.8, 4) is 11.1 Å². The third kappa shape index (κ3) is 1.57. The molecule has 0 aliphatic rings. The van der Waals surface area contributed by atoms with E-state index in [-0.39, 0.29) is 0 Å². The summed E-state index contributed by atoms with van der Waals surface area (Å²) in [4.78, 5) is 14.4. The molecule has 0 saturated heterocycles. The number of carboxylic acid groups (broad SMARTS) is 1. The SMILES string of the molecule is O=C(O)c1ccccc1-c1cccc2cc[nH]c12. The van der Waals surface area contributed by atoms with Gasteiger partial charge in [-0.05, 0) is 23.1 Å². The molecule has 88 valence electrons. The zero-order chi connectivity index (χ0) is 12.5. The molecule has 0 atom stereocenters. The van der Waals surface area contributed by atoms with Gasteiger partial charge in [-0.1, -0.05) is 36.4 Å². The van der Waals surface area contributed by atoms with Gasteiger partial charge in [0.05, 0.1) is 11.1 Å². The van der Waals surface area contributed by atoms with E-state index in [1.54, 1.807) is 12.1 Å². The lowest BCUT2D eigenvalue weighted by atomic mass is 9.98. The molecule has 3 nitrogen and oxygen atoms in total. The summed E-state index contributed by atoms with van der Waals surface area (Å²) in [6, 6.07) is 14.9. The Kier molecular flexibility index (Phi) is 2.38. The van der Waals surface area contributed by atoms with E-state index in [0.717, 1.165) is 22.0 Å². The van der Waals surface area contributed by atoms with Crippen LogP contribution in [0.4, 0.5) is 0 Å². The second-order valence-electron chi connectivity index (χ2n) is 4.10. The van der Waals surface area contributed by atoms with E-state index in [0.29, 0.717) is 5.56 Å². The number of hydrogen-bond acceptors (Lipinski definition) is 1. The van der Waals surface area contributed by atoms with Crippen LogP contribution >= 0.6 is 0 Å². The van der Waals surface area contributed by atoms with Crippen molar-refractivity contribution >= 4 is 16.9 Å². The lowest BCUT2D eigenvalue weighted by molar-refractivity contribution is 0.0698. The van der Waals surface area contributed by atoms with Crippen LogP contribution in [0.5, 0.6) is 0 Å². The van der Waals surface area contributed by atoms with Gasteiger partial charge in [-0.3, -0.25) is 0 Å². The first kappa shape index (κ1) is 10.6. The summed E-state index contributed by atoms with van der Waals surface area (Å²) in [5, 5.41) is 10.3. The Morgan fingerprint density at radius 3 is 2.56 bits per heavy atom. The van der Waals surface area contributed by atoms with Gasteiger partial charge < -0.3 is 10.1 Å². The van der Waals surface area contributed by atoms with Crippen LogP contribution < -0.4 is 0 Å². The van der Waals surface area contributed by atoms with E-state index in [2.05, 4.69) is 4.98 Å². The van der Waals surface area contributed by atoms with Crippen LogP contribution in [-0.2, 0) is 0 Å². The standard InChI is InChI=1S/C15H11NO2/c17-15(18)13-6-2-1-5-11(13)12-7-3-4-10-8-9-16-14(10)12/h1-9,16H,(H,17,18). The third-order valence-electron chi connectivity index (χ3n) is 3.03. The molecule has 0 bridgehead atoms. The van der Waals surface area contributed by atoms with Crippen molar-refractivity contribution in [3.05, 3.63) is 60.3 Å². The number of nitrogens with one attached hydrogen (secondary N) is 1. The smallest absolute Gasteiger partial charge is 0.336 e. The summed E-state index contributed by atoms with van der Waals surface area (Å²) < 4.78 is 0. The van der Waals surface area contributed by atoms with Crippen LogP contribution in [0, 0.1) is 0 Å². The zero-order valence-corrected chi connectivity index (χ0v) is 9.55. The number of aromatic nitrogens is 1. The first-order valence-electron chi connectivity index (χ1n) is 5.66. The molecule has 2 aromatic carbocycles. The van der Waals surface area contributed by atoms with E-state index < -0.39 is 5.97 Å². The quantitative estimate of drug-likeness (QED) is 0.716. The van der Waals surface area contributed by atoms with Gasteiger partial charge in [0.2, 0.25) is 0 Å². The molecule has 0 unspecified atom stereocenters. The number of carboxylic acids is 1. The van der Waals surface area contributed by atoms with Crippen molar-refractivity contribution in [3.63, 3.8) is 0 Å². The van der Waals surface area contributed by atoms with Crippen molar-refractivity contribution in [2.45, 2.75) is 0 Å². The number of carbonyl (C=O) groups is 1. The Labute approximate surface area is 104 Å². The van der Waals surface area contributed by atoms with Crippen LogP contribution in [0.2, 0.25) is 0 Å². The maximum atomic E-state index is 11.3. The maximum Gasteiger partial charge on any atom is 0.336 e. The topological polar surface area (TPSA) is 53.1 Å². The van der Waals surface area contributed by atoms with Crippen molar-refractivity contribution in [2.24, 2.45) is 0 Å². The van der Waals surface area contributed by atoms with Gasteiger partial charge in [0, 0.05) is 11.8 Å². The van der Waals surface area contributed by atoms with Crippen LogP contribution in [0.3, 0.4) is 0 Å². The number of hydrogen-bond donors (Lipinski definition) is 2. The van der Waals surface area contributed by atoms with E-state index in [4.69, 9.17) is 0 Å². The summed E-state index contributed by atoms with van der Waals surface area (Å²) in [5.41, 5.74) is 2.93. The predicted octanol–water partition coefficient (Wildman–Crippen LogP) is 3.53. The minimum atomic E-state index is -0.908. The fraction of sp³-hybridized carbons (Fsp3) is 0. The molecular weight excluding hydrogens is 226 g/mol. The summed E-state index contributed by atoms with van der Waals surface area (Å²) >= 11 is 0. The molecular formula is C15H11NO2. The highest BCUT2D eigenvalue weighted by Crippen LogP contribution is 2.30. The lowest BCUT2D eigenvalue weighted by Crippen LogP contribution is -1.99. The molecule has 2 N–H and O–H groups in total. The number of rotatable bonds is 2. The molecule has 0 fully saturated rings. The minimum Gasteiger partial charge on any atom is -0.478 e. The van der Waals surface area contributed by atoms with Gasteiger partial charge in [0.15, 0.2) is 0 Å². The first-order chi connectivity index (χ1) is 8.77. The number of H-pyrrole nitrogens is 1. The highest BCUT2D eigenvalue weighted by atomic mass is 16.4. The monoisotopic (exact) mass is 237 g/mol. The van der Waals surface area contributed by atoms with E-state index in [1.165, 1.54) is 0 Å². The molecule has 3 heteroatoms. The number of benzene rings is 2. The largest absolute Gasteiger partial charge is 0.478 e. The second kappa shape index (κ2) is 4.04. The Balaban J connectivity index is 2.33. The molecule has 0 spiro atoms. The van der Waals surface area contributed by atoms with Gasteiger partial charge in [-0.25, -0.2) is 4.79 Å². The predicted molar refractivity (Wildman–Crippen MR) is 70.7 cm³/mol. The summed E-state index contributed by atoms with van der Waals surface area (Å²) in [6.45, 7) is 0. The Bertz CT molecular complexity index is 728. The van der Waals surface area contributed by atoms with Gasteiger partial charge in [-0.2, -0.15) is 0 Å². The molecule has 0 saturated carbocycles. The van der Waals surface area contributed by atoms with Crippen LogP contribution in [-0.4, -0.2) is 16.1 Å². The number of para-hydroxylation sites is 1. The molecule has 1 aromatic heterocycles. The van der Waals surface area contributed by atoms with Crippen molar-refractivity contribution in [2.75, 3.05) is 0 Å². The second-order valence-corrected chi connectivity index (χ2v) is 4.10. The molecule has 0 aliphatic carbocycles. The average molecular weight is 237 g/mol. The van der Waals surface area contributed by atoms with Crippen LogP contribution in [0.15, 0.2) is 54.7 Å². The van der Waals surface area contributed by atoms with Crippen LogP contribution in [0.1, 0.15) is 10.4 Å². The Hall–Kier alpha value is -2.55. The van der Waals surface area contributed by atoms with Gasteiger partial charge in [0.1, 0.15) is 0 Å². The normalized spacial score (nSPS) is 10.7. The third-order valence-corrected chi connectivity index (χ3v) is 3.03. The van der Waals surface area contributed by atoms with Crippen molar-refractivity contribution in [1.29, 1.82) is 0 Å². The Morgan fingerprint density at radius 2 is 1.72 bits per heavy atom. The van der Waals surface area contributed by atoms with E-state index in [9.17, 15) is 9.90 Å². The van der Waals surface area contributed by atoms with Gasteiger partial charge in [-0.15, -0.1) is 0 Å². The minimum absolute atomic E-state index is 0.319. The molecule has 3 rings (SSSR count). The lowest BCUT2D eigenvalue weighted by Gasteiger charge is -2.07. The highest BCUT2D eigenvalue weighted by molar-refractivity contribution is 6.02. The highest BCUT2D eigenvalue weighted by Gasteiger charge is 2.13. The molecule has 0 aliphatic heterocycles. The van der Waals surface area contributed by atoms with E-state index in [1.807, 2.05) is 42.6 Å². The van der Waals surface area contributed by atoms with Crippen molar-refractivity contribution in [1.82, 2.24) is 4.98 Å². The molecule has 0 amide bonds. The van der Waals surface area contributed by atoms with Gasteiger partial charge >= 0.3 is 5.97 Å². The van der Waals surface area contributed by atoms with Crippen LogP contribution in [0.25, 0.3) is 22.0 Å². The molecule has 3 aromatic rings. The van der Waals surface area contributed by atoms with Crippen molar-refractivity contribution < 1.29 is 9.90 Å². The summed E-state index contributed by atoms with van der Waals surface area (Å²) in [6.07, 6.45) is 1.86. The number of aromatic carboxylic acids is 1. The summed E-state index contributed by atoms with van der Waals surface area (Å²) in [5.74, 6) is -0.908. The number of aromatic amines is 1. The fourth-order valence-corrected chi connectivity index (χ4v) is 2.21.